The molecule has 0 aliphatic carbocycles. The number of nitrogens with zero attached hydrogens (tertiary/aromatic N) is 1. The molecule has 0 aliphatic heterocycles. The van der Waals surface area contributed by atoms with Crippen LogP contribution in [0.4, 0.5) is 0 Å². The molecule has 1 heterocycles. The number of pyridine rings is 1. The van der Waals surface area contributed by atoms with Gasteiger partial charge in [-0.3, -0.25) is 4.98 Å². The number of aromatic nitrogens is 1. The van der Waals surface area contributed by atoms with E-state index in [1.807, 2.05) is 12.3 Å². The third-order valence-electron chi connectivity index (χ3n) is 2.09. The zero-order chi connectivity index (χ0) is 9.52. The predicted octanol–water partition coefficient (Wildman–Crippen LogP) is 0.0884. The van der Waals surface area contributed by atoms with E-state index in [2.05, 4.69) is 23.3 Å². The molecule has 0 aromatic carbocycles. The van der Waals surface area contributed by atoms with Crippen LogP contribution in [0.3, 0.4) is 0 Å². The van der Waals surface area contributed by atoms with Crippen LogP contribution in [0, 0.1) is 0 Å². The molecule has 3 heteroatoms. The van der Waals surface area contributed by atoms with Crippen molar-refractivity contribution in [3.8, 4) is 0 Å². The van der Waals surface area contributed by atoms with E-state index in [1.165, 1.54) is 5.56 Å². The zero-order valence-corrected chi connectivity index (χ0v) is 7.98. The van der Waals surface area contributed by atoms with Gasteiger partial charge in [-0.1, -0.05) is 6.07 Å². The molecule has 0 fully saturated rings. The number of nitrogens with two attached hydrogens (primary N) is 1. The molecule has 0 bridgehead atoms. The van der Waals surface area contributed by atoms with Crippen molar-refractivity contribution in [1.29, 1.82) is 0 Å². The molecular formula is C10H17N2O+. The number of rotatable bonds is 5. The molecule has 0 saturated carbocycles. The SMILES string of the molecule is C[C@@H]([NH2+]CCCO)c1cccnc1. The lowest BCUT2D eigenvalue weighted by atomic mass is 10.1. The number of aliphatic hydroxyl groups is 1. The summed E-state index contributed by atoms with van der Waals surface area (Å²) in [4.78, 5) is 4.06. The molecule has 0 unspecified atom stereocenters. The van der Waals surface area contributed by atoms with Crippen molar-refractivity contribution in [3.63, 3.8) is 0 Å². The van der Waals surface area contributed by atoms with Gasteiger partial charge in [-0.25, -0.2) is 0 Å². The first-order valence-electron chi connectivity index (χ1n) is 4.68. The van der Waals surface area contributed by atoms with E-state index in [-0.39, 0.29) is 6.61 Å². The van der Waals surface area contributed by atoms with Crippen LogP contribution in [0.15, 0.2) is 24.5 Å². The fraction of sp³-hybridized carbons (Fsp3) is 0.500. The Labute approximate surface area is 78.8 Å². The Bertz CT molecular complexity index is 226. The van der Waals surface area contributed by atoms with Crippen molar-refractivity contribution in [3.05, 3.63) is 30.1 Å². The Morgan fingerprint density at radius 1 is 1.62 bits per heavy atom. The summed E-state index contributed by atoms with van der Waals surface area (Å²) in [6.07, 6.45) is 4.52. The summed E-state index contributed by atoms with van der Waals surface area (Å²) in [5.74, 6) is 0. The van der Waals surface area contributed by atoms with Crippen molar-refractivity contribution in [2.45, 2.75) is 19.4 Å². The molecule has 0 amide bonds. The van der Waals surface area contributed by atoms with Crippen LogP contribution < -0.4 is 5.32 Å². The molecule has 1 aromatic heterocycles. The third kappa shape index (κ3) is 3.53. The van der Waals surface area contributed by atoms with Crippen molar-refractivity contribution in [1.82, 2.24) is 4.98 Å². The Kier molecular flexibility index (Phi) is 4.43. The summed E-state index contributed by atoms with van der Waals surface area (Å²) in [5.41, 5.74) is 1.24. The second-order valence-electron chi connectivity index (χ2n) is 3.18. The molecule has 1 rings (SSSR count). The van der Waals surface area contributed by atoms with Crippen LogP contribution in [0.1, 0.15) is 24.9 Å². The van der Waals surface area contributed by atoms with Crippen LogP contribution in [-0.4, -0.2) is 23.2 Å². The van der Waals surface area contributed by atoms with Crippen LogP contribution >= 0.6 is 0 Å². The highest BCUT2D eigenvalue weighted by atomic mass is 16.3. The highest BCUT2D eigenvalue weighted by Crippen LogP contribution is 2.03. The van der Waals surface area contributed by atoms with Crippen molar-refractivity contribution in [2.75, 3.05) is 13.2 Å². The van der Waals surface area contributed by atoms with E-state index in [4.69, 9.17) is 5.11 Å². The van der Waals surface area contributed by atoms with Crippen LogP contribution in [-0.2, 0) is 0 Å². The van der Waals surface area contributed by atoms with E-state index >= 15 is 0 Å². The Hall–Kier alpha value is -0.930. The maximum absolute atomic E-state index is 8.62. The van der Waals surface area contributed by atoms with Gasteiger partial charge < -0.3 is 10.4 Å². The average Bonchev–Trinajstić information content (AvgIpc) is 2.19. The average molecular weight is 181 g/mol. The minimum Gasteiger partial charge on any atom is -0.396 e. The second-order valence-corrected chi connectivity index (χ2v) is 3.18. The maximum Gasteiger partial charge on any atom is 0.110 e. The number of aliphatic hydroxyl groups excluding tert-OH is 1. The predicted molar refractivity (Wildman–Crippen MR) is 51.1 cm³/mol. The minimum atomic E-state index is 0.274. The first kappa shape index (κ1) is 10.2. The zero-order valence-electron chi connectivity index (χ0n) is 7.98. The fourth-order valence-corrected chi connectivity index (χ4v) is 1.24. The van der Waals surface area contributed by atoms with Crippen LogP contribution in [0.2, 0.25) is 0 Å². The van der Waals surface area contributed by atoms with Crippen molar-refractivity contribution < 1.29 is 10.4 Å². The van der Waals surface area contributed by atoms with Crippen molar-refractivity contribution >= 4 is 0 Å². The summed E-state index contributed by atoms with van der Waals surface area (Å²) in [5, 5.41) is 10.8. The van der Waals surface area contributed by atoms with Gasteiger partial charge in [0.1, 0.15) is 6.04 Å². The Balaban J connectivity index is 2.35. The van der Waals surface area contributed by atoms with Crippen LogP contribution in [0.25, 0.3) is 0 Å². The molecule has 3 nitrogen and oxygen atoms in total. The fourth-order valence-electron chi connectivity index (χ4n) is 1.24. The number of hydrogen-bond donors (Lipinski definition) is 2. The minimum absolute atomic E-state index is 0.274. The van der Waals surface area contributed by atoms with Gasteiger partial charge in [0.2, 0.25) is 0 Å². The lowest BCUT2D eigenvalue weighted by Gasteiger charge is -2.09. The molecule has 1 atom stereocenters. The molecule has 0 spiro atoms. The van der Waals surface area contributed by atoms with Gasteiger partial charge >= 0.3 is 0 Å². The van der Waals surface area contributed by atoms with E-state index in [9.17, 15) is 0 Å². The molecule has 1 aromatic rings. The lowest BCUT2D eigenvalue weighted by molar-refractivity contribution is -0.693. The second kappa shape index (κ2) is 5.67. The standard InChI is InChI=1S/C10H16N2O/c1-9(12-6-3-7-13)10-4-2-5-11-8-10/h2,4-5,8-9,12-13H,3,6-7H2,1H3/p+1/t9-/m1/s1. The highest BCUT2D eigenvalue weighted by molar-refractivity contribution is 5.10. The summed E-state index contributed by atoms with van der Waals surface area (Å²) < 4.78 is 0. The number of hydrogen-bond acceptors (Lipinski definition) is 2. The van der Waals surface area contributed by atoms with Crippen LogP contribution in [0.5, 0.6) is 0 Å². The van der Waals surface area contributed by atoms with E-state index in [1.54, 1.807) is 6.20 Å². The smallest absolute Gasteiger partial charge is 0.110 e. The first-order chi connectivity index (χ1) is 6.34. The molecule has 0 aliphatic rings. The van der Waals surface area contributed by atoms with Gasteiger partial charge in [0.15, 0.2) is 0 Å². The normalized spacial score (nSPS) is 12.8. The lowest BCUT2D eigenvalue weighted by Crippen LogP contribution is -2.84. The molecule has 72 valence electrons. The topological polar surface area (TPSA) is 49.7 Å². The molecule has 0 saturated heterocycles. The Morgan fingerprint density at radius 3 is 3.08 bits per heavy atom. The van der Waals surface area contributed by atoms with Crippen molar-refractivity contribution in [2.24, 2.45) is 0 Å². The summed E-state index contributed by atoms with van der Waals surface area (Å²) >= 11 is 0. The molecule has 13 heavy (non-hydrogen) atoms. The molecule has 3 N–H and O–H groups in total. The van der Waals surface area contributed by atoms with E-state index < -0.39 is 0 Å². The summed E-state index contributed by atoms with van der Waals surface area (Å²) in [6.45, 7) is 3.39. The van der Waals surface area contributed by atoms with Gasteiger partial charge in [-0.05, 0) is 13.0 Å². The molecular weight excluding hydrogens is 164 g/mol. The van der Waals surface area contributed by atoms with Gasteiger partial charge in [-0.2, -0.15) is 0 Å². The monoisotopic (exact) mass is 181 g/mol. The highest BCUT2D eigenvalue weighted by Gasteiger charge is 2.06. The van der Waals surface area contributed by atoms with E-state index in [0.29, 0.717) is 6.04 Å². The first-order valence-corrected chi connectivity index (χ1v) is 4.68. The summed E-state index contributed by atoms with van der Waals surface area (Å²) in [7, 11) is 0. The third-order valence-corrected chi connectivity index (χ3v) is 2.09. The maximum atomic E-state index is 8.62. The van der Waals surface area contributed by atoms with Gasteiger partial charge in [0, 0.05) is 31.0 Å². The van der Waals surface area contributed by atoms with Gasteiger partial charge in [0.05, 0.1) is 6.54 Å². The quantitative estimate of drug-likeness (QED) is 0.632. The number of quaternary nitrogens is 1. The summed E-state index contributed by atoms with van der Waals surface area (Å²) in [6, 6.07) is 4.46. The van der Waals surface area contributed by atoms with Gasteiger partial charge in [-0.15, -0.1) is 0 Å². The molecule has 0 radical (unpaired) electrons. The van der Waals surface area contributed by atoms with E-state index in [0.717, 1.165) is 13.0 Å². The largest absolute Gasteiger partial charge is 0.396 e. The van der Waals surface area contributed by atoms with Gasteiger partial charge in [0.25, 0.3) is 0 Å². The Morgan fingerprint density at radius 2 is 2.46 bits per heavy atom.